The Balaban J connectivity index is 1.57. The van der Waals surface area contributed by atoms with Crippen LogP contribution < -0.4 is 4.74 Å². The van der Waals surface area contributed by atoms with Crippen molar-refractivity contribution in [3.8, 4) is 34.7 Å². The summed E-state index contributed by atoms with van der Waals surface area (Å²) in [5, 5.41) is 17.7. The fourth-order valence-corrected chi connectivity index (χ4v) is 3.71. The van der Waals surface area contributed by atoms with Crippen molar-refractivity contribution < 1.29 is 14.1 Å². The summed E-state index contributed by atoms with van der Waals surface area (Å²) in [7, 11) is 0. The third kappa shape index (κ3) is 4.60. The number of hydrogen-bond acceptors (Lipinski definition) is 7. The fourth-order valence-electron chi connectivity index (χ4n) is 3.11. The molecule has 0 amide bonds. The minimum Gasteiger partial charge on any atom is -0.490 e. The Labute approximate surface area is 192 Å². The lowest BCUT2D eigenvalue weighted by Crippen LogP contribution is -2.06. The van der Waals surface area contributed by atoms with Crippen LogP contribution in [0.1, 0.15) is 35.5 Å². The molecular formula is C23H18BrN5O3. The number of halogens is 1. The van der Waals surface area contributed by atoms with Crippen molar-refractivity contribution in [2.24, 2.45) is 0 Å². The number of aldehydes is 1. The van der Waals surface area contributed by atoms with Gasteiger partial charge in [-0.15, -0.1) is 0 Å². The standard InChI is InChI=1S/C23H18BrN5O3/c1-14(2)31-21-6-4-16(10-17(21)11-25)23-26-22(28-32-23)19-5-3-15(9-20(19)24)12-29-8-7-18(13-30)27-29/h3-10,13-14H,12H2,1-2H3. The van der Waals surface area contributed by atoms with Gasteiger partial charge in [-0.25, -0.2) is 0 Å². The van der Waals surface area contributed by atoms with Crippen molar-refractivity contribution in [1.29, 1.82) is 5.26 Å². The molecule has 32 heavy (non-hydrogen) atoms. The number of hydrogen-bond donors (Lipinski definition) is 0. The lowest BCUT2D eigenvalue weighted by atomic mass is 10.1. The Morgan fingerprint density at radius 3 is 2.78 bits per heavy atom. The summed E-state index contributed by atoms with van der Waals surface area (Å²) >= 11 is 3.57. The zero-order chi connectivity index (χ0) is 22.7. The van der Waals surface area contributed by atoms with Crippen LogP contribution in [0, 0.1) is 11.3 Å². The Morgan fingerprint density at radius 2 is 2.09 bits per heavy atom. The number of nitriles is 1. The first-order valence-corrected chi connectivity index (χ1v) is 10.6. The summed E-state index contributed by atoms with van der Waals surface area (Å²) in [5.41, 5.74) is 3.18. The lowest BCUT2D eigenvalue weighted by molar-refractivity contribution is 0.111. The SMILES string of the molecule is CC(C)Oc1ccc(-c2nc(-c3ccc(Cn4ccc(C=O)n4)cc3Br)no2)cc1C#N. The van der Waals surface area contributed by atoms with Gasteiger partial charge in [-0.1, -0.05) is 27.2 Å². The molecule has 2 aromatic heterocycles. The number of benzene rings is 2. The van der Waals surface area contributed by atoms with E-state index in [1.54, 1.807) is 35.1 Å². The van der Waals surface area contributed by atoms with Gasteiger partial charge >= 0.3 is 0 Å². The Kier molecular flexibility index (Phi) is 6.14. The van der Waals surface area contributed by atoms with E-state index in [4.69, 9.17) is 9.26 Å². The Morgan fingerprint density at radius 1 is 1.25 bits per heavy atom. The summed E-state index contributed by atoms with van der Waals surface area (Å²) in [6, 6.07) is 14.8. The van der Waals surface area contributed by atoms with Crippen molar-refractivity contribution in [2.75, 3.05) is 0 Å². The summed E-state index contributed by atoms with van der Waals surface area (Å²) in [6.45, 7) is 4.33. The van der Waals surface area contributed by atoms with E-state index in [-0.39, 0.29) is 6.10 Å². The van der Waals surface area contributed by atoms with Gasteiger partial charge in [-0.05, 0) is 55.8 Å². The first-order valence-electron chi connectivity index (χ1n) is 9.79. The topological polar surface area (TPSA) is 107 Å². The van der Waals surface area contributed by atoms with Crippen LogP contribution in [0.5, 0.6) is 5.75 Å². The van der Waals surface area contributed by atoms with E-state index in [1.165, 1.54) is 0 Å². The van der Waals surface area contributed by atoms with Crippen LogP contribution in [-0.2, 0) is 6.54 Å². The van der Waals surface area contributed by atoms with Crippen molar-refractivity contribution in [1.82, 2.24) is 19.9 Å². The molecule has 0 spiro atoms. The summed E-state index contributed by atoms with van der Waals surface area (Å²) in [4.78, 5) is 15.3. The van der Waals surface area contributed by atoms with Crippen LogP contribution in [0.25, 0.3) is 22.8 Å². The molecule has 0 saturated heterocycles. The molecule has 0 N–H and O–H groups in total. The largest absolute Gasteiger partial charge is 0.490 e. The molecular weight excluding hydrogens is 474 g/mol. The third-order valence-electron chi connectivity index (χ3n) is 4.54. The number of ether oxygens (including phenoxy) is 1. The second-order valence-corrected chi connectivity index (χ2v) is 8.14. The zero-order valence-corrected chi connectivity index (χ0v) is 18.9. The normalized spacial score (nSPS) is 10.8. The van der Waals surface area contributed by atoms with Crippen LogP contribution in [0.15, 0.2) is 57.7 Å². The molecule has 9 heteroatoms. The Hall–Kier alpha value is -3.77. The monoisotopic (exact) mass is 491 g/mol. The van der Waals surface area contributed by atoms with Gasteiger partial charge < -0.3 is 9.26 Å². The molecule has 2 heterocycles. The molecule has 0 aliphatic rings. The van der Waals surface area contributed by atoms with Crippen LogP contribution in [-0.4, -0.2) is 32.3 Å². The first-order chi connectivity index (χ1) is 15.5. The quantitative estimate of drug-likeness (QED) is 0.339. The van der Waals surface area contributed by atoms with Gasteiger partial charge in [0.15, 0.2) is 6.29 Å². The third-order valence-corrected chi connectivity index (χ3v) is 5.19. The summed E-state index contributed by atoms with van der Waals surface area (Å²) in [6.07, 6.45) is 2.43. The molecule has 0 fully saturated rings. The maximum absolute atomic E-state index is 10.8. The Bertz CT molecular complexity index is 1320. The maximum Gasteiger partial charge on any atom is 0.258 e. The first kappa shape index (κ1) is 21.5. The number of nitrogens with zero attached hydrogens (tertiary/aromatic N) is 5. The average Bonchev–Trinajstić information content (AvgIpc) is 3.43. The van der Waals surface area contributed by atoms with E-state index < -0.39 is 0 Å². The van der Waals surface area contributed by atoms with Crippen molar-refractivity contribution >= 4 is 22.2 Å². The van der Waals surface area contributed by atoms with Crippen LogP contribution in [0.2, 0.25) is 0 Å². The molecule has 160 valence electrons. The van der Waals surface area contributed by atoms with Crippen molar-refractivity contribution in [3.63, 3.8) is 0 Å². The van der Waals surface area contributed by atoms with Crippen LogP contribution in [0.4, 0.5) is 0 Å². The highest BCUT2D eigenvalue weighted by Crippen LogP contribution is 2.31. The smallest absolute Gasteiger partial charge is 0.258 e. The molecule has 0 aliphatic carbocycles. The molecule has 0 saturated carbocycles. The van der Waals surface area contributed by atoms with Crippen molar-refractivity contribution in [2.45, 2.75) is 26.5 Å². The van der Waals surface area contributed by atoms with Crippen LogP contribution >= 0.6 is 15.9 Å². The highest BCUT2D eigenvalue weighted by atomic mass is 79.9. The van der Waals surface area contributed by atoms with E-state index in [2.05, 4.69) is 37.2 Å². The minimum atomic E-state index is -0.0383. The van der Waals surface area contributed by atoms with Gasteiger partial charge in [0.2, 0.25) is 5.82 Å². The van der Waals surface area contributed by atoms with E-state index in [9.17, 15) is 10.1 Å². The van der Waals surface area contributed by atoms with Gasteiger partial charge in [0.25, 0.3) is 5.89 Å². The summed E-state index contributed by atoms with van der Waals surface area (Å²) < 4.78 is 13.6. The van der Waals surface area contributed by atoms with E-state index in [0.29, 0.717) is 47.1 Å². The average molecular weight is 492 g/mol. The molecule has 0 unspecified atom stereocenters. The minimum absolute atomic E-state index is 0.0383. The molecule has 0 atom stereocenters. The molecule has 4 rings (SSSR count). The number of carbonyl (C=O) groups excluding carboxylic acids is 1. The zero-order valence-electron chi connectivity index (χ0n) is 17.3. The van der Waals surface area contributed by atoms with Gasteiger partial charge in [0.1, 0.15) is 17.5 Å². The van der Waals surface area contributed by atoms with Gasteiger partial charge in [0, 0.05) is 21.8 Å². The maximum atomic E-state index is 10.8. The highest BCUT2D eigenvalue weighted by molar-refractivity contribution is 9.10. The van der Waals surface area contributed by atoms with Gasteiger partial charge in [0.05, 0.1) is 18.2 Å². The van der Waals surface area contributed by atoms with Gasteiger partial charge in [-0.2, -0.15) is 15.3 Å². The molecule has 0 bridgehead atoms. The lowest BCUT2D eigenvalue weighted by Gasteiger charge is -2.11. The molecule has 4 aromatic rings. The van der Waals surface area contributed by atoms with Gasteiger partial charge in [-0.3, -0.25) is 9.48 Å². The molecule has 0 aliphatic heterocycles. The second-order valence-electron chi connectivity index (χ2n) is 7.28. The van der Waals surface area contributed by atoms with Crippen LogP contribution in [0.3, 0.4) is 0 Å². The fraction of sp³-hybridized carbons (Fsp3) is 0.174. The van der Waals surface area contributed by atoms with E-state index >= 15 is 0 Å². The molecule has 8 nitrogen and oxygen atoms in total. The second kappa shape index (κ2) is 9.16. The molecule has 2 aromatic carbocycles. The number of rotatable bonds is 7. The predicted octanol–water partition coefficient (Wildman–Crippen LogP) is 4.88. The van der Waals surface area contributed by atoms with Crippen molar-refractivity contribution in [3.05, 3.63) is 70.0 Å². The molecule has 0 radical (unpaired) electrons. The summed E-state index contributed by atoms with van der Waals surface area (Å²) in [5.74, 6) is 1.24. The number of aromatic nitrogens is 4. The predicted molar refractivity (Wildman–Crippen MR) is 120 cm³/mol. The number of carbonyl (C=O) groups is 1. The van der Waals surface area contributed by atoms with E-state index in [0.717, 1.165) is 15.6 Å². The van der Waals surface area contributed by atoms with E-state index in [1.807, 2.05) is 32.0 Å². The highest BCUT2D eigenvalue weighted by Gasteiger charge is 2.16.